The Morgan fingerprint density at radius 1 is 1.60 bits per heavy atom. The lowest BCUT2D eigenvalue weighted by atomic mass is 10.00. The zero-order valence-corrected chi connectivity index (χ0v) is 9.71. The molecule has 1 aliphatic heterocycles. The van der Waals surface area contributed by atoms with E-state index in [0.717, 1.165) is 25.8 Å². The molecule has 0 aliphatic carbocycles. The second kappa shape index (κ2) is 6.80. The van der Waals surface area contributed by atoms with Gasteiger partial charge >= 0.3 is 0 Å². The lowest BCUT2D eigenvalue weighted by Gasteiger charge is -2.30. The molecular weight excluding hydrogens is 192 g/mol. The SMILES string of the molecule is COCCCC(=O)NC1CCCNC1C. The molecule has 1 fully saturated rings. The van der Waals surface area contributed by atoms with E-state index in [1.807, 2.05) is 0 Å². The van der Waals surface area contributed by atoms with Gasteiger partial charge in [-0.05, 0) is 32.7 Å². The first-order chi connectivity index (χ1) is 7.24. The van der Waals surface area contributed by atoms with Gasteiger partial charge in [-0.3, -0.25) is 4.79 Å². The molecule has 4 nitrogen and oxygen atoms in total. The van der Waals surface area contributed by atoms with Crippen LogP contribution >= 0.6 is 0 Å². The maximum Gasteiger partial charge on any atom is 0.220 e. The second-order valence-electron chi connectivity index (χ2n) is 4.16. The topological polar surface area (TPSA) is 50.4 Å². The number of hydrogen-bond donors (Lipinski definition) is 2. The largest absolute Gasteiger partial charge is 0.385 e. The minimum absolute atomic E-state index is 0.146. The van der Waals surface area contributed by atoms with Gasteiger partial charge in [-0.25, -0.2) is 0 Å². The fourth-order valence-corrected chi connectivity index (χ4v) is 1.90. The minimum atomic E-state index is 0.146. The first-order valence-corrected chi connectivity index (χ1v) is 5.75. The van der Waals surface area contributed by atoms with E-state index in [4.69, 9.17) is 4.74 Å². The quantitative estimate of drug-likeness (QED) is 0.661. The Hall–Kier alpha value is -0.610. The third-order valence-corrected chi connectivity index (χ3v) is 2.86. The summed E-state index contributed by atoms with van der Waals surface area (Å²) in [5, 5.41) is 6.44. The molecule has 0 aromatic rings. The van der Waals surface area contributed by atoms with Crippen LogP contribution in [0.2, 0.25) is 0 Å². The van der Waals surface area contributed by atoms with Crippen LogP contribution in [-0.4, -0.2) is 38.3 Å². The number of methoxy groups -OCH3 is 1. The summed E-state index contributed by atoms with van der Waals surface area (Å²) in [7, 11) is 1.66. The number of piperidine rings is 1. The number of carbonyl (C=O) groups is 1. The summed E-state index contributed by atoms with van der Waals surface area (Å²) >= 11 is 0. The zero-order chi connectivity index (χ0) is 11.1. The van der Waals surface area contributed by atoms with Crippen molar-refractivity contribution in [2.24, 2.45) is 0 Å². The Morgan fingerprint density at radius 2 is 2.40 bits per heavy atom. The molecule has 1 rings (SSSR count). The van der Waals surface area contributed by atoms with Crippen molar-refractivity contribution in [2.75, 3.05) is 20.3 Å². The molecule has 1 saturated heterocycles. The van der Waals surface area contributed by atoms with E-state index in [1.165, 1.54) is 0 Å². The van der Waals surface area contributed by atoms with Crippen LogP contribution in [0.3, 0.4) is 0 Å². The molecule has 0 spiro atoms. The molecule has 1 aliphatic rings. The van der Waals surface area contributed by atoms with Gasteiger partial charge in [0.1, 0.15) is 0 Å². The average Bonchev–Trinajstić information content (AvgIpc) is 2.22. The first kappa shape index (κ1) is 12.5. The van der Waals surface area contributed by atoms with E-state index in [2.05, 4.69) is 17.6 Å². The lowest BCUT2D eigenvalue weighted by Crippen LogP contribution is -2.51. The highest BCUT2D eigenvalue weighted by molar-refractivity contribution is 5.76. The molecule has 2 N–H and O–H groups in total. The highest BCUT2D eigenvalue weighted by Crippen LogP contribution is 2.08. The van der Waals surface area contributed by atoms with Crippen LogP contribution in [0.1, 0.15) is 32.6 Å². The number of ether oxygens (including phenoxy) is 1. The number of carbonyl (C=O) groups excluding carboxylic acids is 1. The summed E-state index contributed by atoms with van der Waals surface area (Å²) in [5.74, 6) is 0.146. The molecule has 88 valence electrons. The molecule has 0 aromatic carbocycles. The van der Waals surface area contributed by atoms with Gasteiger partial charge in [-0.2, -0.15) is 0 Å². The number of rotatable bonds is 5. The lowest BCUT2D eigenvalue weighted by molar-refractivity contribution is -0.122. The van der Waals surface area contributed by atoms with E-state index in [1.54, 1.807) is 7.11 Å². The van der Waals surface area contributed by atoms with E-state index in [9.17, 15) is 4.79 Å². The summed E-state index contributed by atoms with van der Waals surface area (Å²) in [6.45, 7) is 3.85. The Balaban J connectivity index is 2.18. The van der Waals surface area contributed by atoms with Crippen molar-refractivity contribution in [2.45, 2.75) is 44.7 Å². The van der Waals surface area contributed by atoms with Crippen molar-refractivity contribution >= 4 is 5.91 Å². The van der Waals surface area contributed by atoms with Gasteiger partial charge < -0.3 is 15.4 Å². The number of amides is 1. The molecule has 2 atom stereocenters. The fraction of sp³-hybridized carbons (Fsp3) is 0.909. The van der Waals surface area contributed by atoms with E-state index >= 15 is 0 Å². The Labute approximate surface area is 91.8 Å². The maximum absolute atomic E-state index is 11.5. The van der Waals surface area contributed by atoms with Gasteiger partial charge in [0.2, 0.25) is 5.91 Å². The Kier molecular flexibility index (Phi) is 5.65. The molecule has 4 heteroatoms. The molecule has 1 heterocycles. The molecule has 0 bridgehead atoms. The average molecular weight is 214 g/mol. The van der Waals surface area contributed by atoms with Crippen LogP contribution in [0.15, 0.2) is 0 Å². The monoisotopic (exact) mass is 214 g/mol. The number of hydrogen-bond acceptors (Lipinski definition) is 3. The third kappa shape index (κ3) is 4.62. The summed E-state index contributed by atoms with van der Waals surface area (Å²) < 4.78 is 4.91. The van der Waals surface area contributed by atoms with Gasteiger partial charge in [-0.1, -0.05) is 0 Å². The van der Waals surface area contributed by atoms with Crippen molar-refractivity contribution in [3.63, 3.8) is 0 Å². The van der Waals surface area contributed by atoms with Gasteiger partial charge in [0.15, 0.2) is 0 Å². The predicted molar refractivity (Wildman–Crippen MR) is 59.7 cm³/mol. The molecule has 0 radical (unpaired) electrons. The van der Waals surface area contributed by atoms with E-state index < -0.39 is 0 Å². The van der Waals surface area contributed by atoms with E-state index in [-0.39, 0.29) is 5.91 Å². The van der Waals surface area contributed by atoms with Crippen LogP contribution < -0.4 is 10.6 Å². The smallest absolute Gasteiger partial charge is 0.220 e. The standard InChI is InChI=1S/C11H22N2O2/c1-9-10(5-3-7-12-9)13-11(14)6-4-8-15-2/h9-10,12H,3-8H2,1-2H3,(H,13,14). The first-order valence-electron chi connectivity index (χ1n) is 5.75. The van der Waals surface area contributed by atoms with Crippen LogP contribution in [0.25, 0.3) is 0 Å². The van der Waals surface area contributed by atoms with Gasteiger partial charge in [-0.15, -0.1) is 0 Å². The normalized spacial score (nSPS) is 26.3. The van der Waals surface area contributed by atoms with Crippen molar-refractivity contribution < 1.29 is 9.53 Å². The summed E-state index contributed by atoms with van der Waals surface area (Å²) in [4.78, 5) is 11.5. The molecule has 0 aromatic heterocycles. The fourth-order valence-electron chi connectivity index (χ4n) is 1.90. The predicted octanol–water partition coefficient (Wildman–Crippen LogP) is 0.670. The van der Waals surface area contributed by atoms with Crippen LogP contribution in [0, 0.1) is 0 Å². The van der Waals surface area contributed by atoms with Crippen LogP contribution in [0.4, 0.5) is 0 Å². The Morgan fingerprint density at radius 3 is 3.07 bits per heavy atom. The third-order valence-electron chi connectivity index (χ3n) is 2.86. The van der Waals surface area contributed by atoms with Gasteiger partial charge in [0, 0.05) is 32.2 Å². The molecule has 1 amide bonds. The highest BCUT2D eigenvalue weighted by atomic mass is 16.5. The number of nitrogens with one attached hydrogen (secondary N) is 2. The molecule has 15 heavy (non-hydrogen) atoms. The summed E-state index contributed by atoms with van der Waals surface area (Å²) in [6, 6.07) is 0.693. The van der Waals surface area contributed by atoms with Crippen LogP contribution in [-0.2, 0) is 9.53 Å². The van der Waals surface area contributed by atoms with E-state index in [0.29, 0.717) is 25.1 Å². The second-order valence-corrected chi connectivity index (χ2v) is 4.16. The molecular formula is C11H22N2O2. The van der Waals surface area contributed by atoms with Gasteiger partial charge in [0.25, 0.3) is 0 Å². The van der Waals surface area contributed by atoms with Crippen molar-refractivity contribution in [1.82, 2.24) is 10.6 Å². The molecule has 2 unspecified atom stereocenters. The minimum Gasteiger partial charge on any atom is -0.385 e. The highest BCUT2D eigenvalue weighted by Gasteiger charge is 2.21. The van der Waals surface area contributed by atoms with Crippen LogP contribution in [0.5, 0.6) is 0 Å². The summed E-state index contributed by atoms with van der Waals surface area (Å²) in [5.41, 5.74) is 0. The van der Waals surface area contributed by atoms with Crippen molar-refractivity contribution in [1.29, 1.82) is 0 Å². The zero-order valence-electron chi connectivity index (χ0n) is 9.71. The summed E-state index contributed by atoms with van der Waals surface area (Å²) in [6.07, 6.45) is 3.60. The van der Waals surface area contributed by atoms with Crippen molar-refractivity contribution in [3.05, 3.63) is 0 Å². The molecule has 0 saturated carbocycles. The Bertz CT molecular complexity index is 197. The van der Waals surface area contributed by atoms with Crippen molar-refractivity contribution in [3.8, 4) is 0 Å². The van der Waals surface area contributed by atoms with Gasteiger partial charge in [0.05, 0.1) is 0 Å². The maximum atomic E-state index is 11.5.